The van der Waals surface area contributed by atoms with Crippen molar-refractivity contribution in [2.75, 3.05) is 40.9 Å². The summed E-state index contributed by atoms with van der Waals surface area (Å²) in [4.78, 5) is 23.4. The predicted octanol–water partition coefficient (Wildman–Crippen LogP) is 21.2. The van der Waals surface area contributed by atoms with Crippen LogP contribution in [-0.2, 0) is 18.4 Å². The van der Waals surface area contributed by atoms with Gasteiger partial charge >= 0.3 is 7.82 Å². The molecule has 0 aliphatic carbocycles. The number of allylic oxidation sites excluding steroid dienone is 9. The predicted molar refractivity (Wildman–Crippen MR) is 341 cm³/mol. The van der Waals surface area contributed by atoms with Crippen molar-refractivity contribution < 1.29 is 32.9 Å². The molecular weight excluding hydrogens is 984 g/mol. The Morgan fingerprint density at radius 3 is 1.13 bits per heavy atom. The molecule has 0 aromatic heterocycles. The van der Waals surface area contributed by atoms with E-state index in [1.54, 1.807) is 6.08 Å². The van der Waals surface area contributed by atoms with Gasteiger partial charge in [0, 0.05) is 6.42 Å². The lowest BCUT2D eigenvalue weighted by Crippen LogP contribution is -2.45. The number of likely N-dealkylation sites (N-methyl/N-ethyl adjacent to an activating group) is 1. The van der Waals surface area contributed by atoms with Crippen LogP contribution in [0.15, 0.2) is 60.8 Å². The number of phosphoric ester groups is 1. The molecule has 3 N–H and O–H groups in total. The van der Waals surface area contributed by atoms with E-state index < -0.39 is 20.0 Å². The third-order valence-corrected chi connectivity index (χ3v) is 16.2. The van der Waals surface area contributed by atoms with Crippen molar-refractivity contribution in [3.63, 3.8) is 0 Å². The molecule has 0 radical (unpaired) electrons. The molecule has 0 aliphatic heterocycles. The molecule has 458 valence electrons. The largest absolute Gasteiger partial charge is 0.472 e. The van der Waals surface area contributed by atoms with E-state index in [-0.39, 0.29) is 19.1 Å². The van der Waals surface area contributed by atoms with Crippen molar-refractivity contribution in [2.45, 2.75) is 334 Å². The van der Waals surface area contributed by atoms with Gasteiger partial charge in [-0.05, 0) is 57.8 Å². The van der Waals surface area contributed by atoms with Gasteiger partial charge in [0.05, 0.1) is 39.9 Å². The van der Waals surface area contributed by atoms with Gasteiger partial charge in [-0.15, -0.1) is 0 Å². The molecule has 0 aromatic carbocycles. The van der Waals surface area contributed by atoms with Gasteiger partial charge in [-0.1, -0.05) is 319 Å². The fourth-order valence-electron chi connectivity index (χ4n) is 10.0. The summed E-state index contributed by atoms with van der Waals surface area (Å²) >= 11 is 0. The van der Waals surface area contributed by atoms with Crippen molar-refractivity contribution in [1.82, 2.24) is 5.32 Å². The van der Waals surface area contributed by atoms with Crippen molar-refractivity contribution in [3.05, 3.63) is 60.8 Å². The number of hydrogen-bond acceptors (Lipinski definition) is 5. The molecule has 0 bridgehead atoms. The first kappa shape index (κ1) is 76.2. The standard InChI is InChI=1S/C69H131N2O6P/c1-6-8-10-12-14-16-18-20-22-24-26-28-29-30-31-32-33-34-35-36-37-38-39-40-41-43-45-47-49-51-53-55-57-59-61-63-69(73)70-67(66-77-78(74,75)76-65-64-71(3,4)5)68(72)62-60-58-56-54-52-50-48-46-44-42-27-25-23-21-19-17-15-13-11-9-7-2/h8,10,14,16,20,22,26,28,60,62,67-68,72H,6-7,9,11-13,15,17-19,21,23-25,27,29-59,61,63-66H2,1-5H3,(H-,70,73,74,75)/p+1/b10-8-,16-14-,22-20-,28-26-,62-60+. The zero-order valence-electron chi connectivity index (χ0n) is 52.4. The topological polar surface area (TPSA) is 105 Å². The highest BCUT2D eigenvalue weighted by Gasteiger charge is 2.28. The summed E-state index contributed by atoms with van der Waals surface area (Å²) in [5.41, 5.74) is 0. The number of quaternary nitrogens is 1. The van der Waals surface area contributed by atoms with Crippen LogP contribution in [0.4, 0.5) is 0 Å². The summed E-state index contributed by atoms with van der Waals surface area (Å²) < 4.78 is 23.8. The van der Waals surface area contributed by atoms with Crippen LogP contribution in [-0.4, -0.2) is 73.4 Å². The van der Waals surface area contributed by atoms with Crippen LogP contribution in [0.5, 0.6) is 0 Å². The summed E-state index contributed by atoms with van der Waals surface area (Å²) in [7, 11) is 1.58. The smallest absolute Gasteiger partial charge is 0.387 e. The fraction of sp³-hybridized carbons (Fsp3) is 0.841. The number of carbonyl (C=O) groups excluding carboxylic acids is 1. The number of hydrogen-bond donors (Lipinski definition) is 3. The summed E-state index contributed by atoms with van der Waals surface area (Å²) in [5.74, 6) is -0.171. The number of carbonyl (C=O) groups is 1. The van der Waals surface area contributed by atoms with E-state index in [9.17, 15) is 19.4 Å². The summed E-state index contributed by atoms with van der Waals surface area (Å²) in [6, 6.07) is -0.847. The molecule has 1 amide bonds. The first-order chi connectivity index (χ1) is 38.0. The van der Waals surface area contributed by atoms with E-state index in [0.29, 0.717) is 17.4 Å². The van der Waals surface area contributed by atoms with E-state index in [4.69, 9.17) is 9.05 Å². The number of aliphatic hydroxyl groups excluding tert-OH is 1. The molecule has 0 saturated carbocycles. The third kappa shape index (κ3) is 61.8. The number of unbranched alkanes of at least 4 members (excludes halogenated alkanes) is 41. The first-order valence-corrected chi connectivity index (χ1v) is 35.2. The number of phosphoric acid groups is 1. The lowest BCUT2D eigenvalue weighted by Gasteiger charge is -2.25. The number of nitrogens with zero attached hydrogens (tertiary/aromatic N) is 1. The molecule has 9 heteroatoms. The summed E-state index contributed by atoms with van der Waals surface area (Å²) in [6.45, 7) is 4.75. The molecule has 0 aromatic rings. The number of amides is 1. The second-order valence-electron chi connectivity index (χ2n) is 24.2. The fourth-order valence-corrected chi connectivity index (χ4v) is 10.8. The Morgan fingerprint density at radius 1 is 0.449 bits per heavy atom. The van der Waals surface area contributed by atoms with Gasteiger partial charge in [0.1, 0.15) is 13.2 Å². The number of aliphatic hydroxyl groups is 1. The first-order valence-electron chi connectivity index (χ1n) is 33.7. The molecule has 0 rings (SSSR count). The highest BCUT2D eigenvalue weighted by Crippen LogP contribution is 2.43. The van der Waals surface area contributed by atoms with Gasteiger partial charge in [0.25, 0.3) is 0 Å². The quantitative estimate of drug-likeness (QED) is 0.0243. The highest BCUT2D eigenvalue weighted by molar-refractivity contribution is 7.47. The average molecular weight is 1120 g/mol. The SMILES string of the molecule is CC/C=C\C/C=C\C/C=C\C/C=C\CCCCCCCCCCCCCCCCCCCCCCCCC(=O)NC(COP(=O)(O)OCC[N+](C)(C)C)C(O)/C=C/CCCCCCCCCCCCCCCCCCCCC. The van der Waals surface area contributed by atoms with Crippen LogP contribution in [0.1, 0.15) is 322 Å². The van der Waals surface area contributed by atoms with Crippen molar-refractivity contribution in [3.8, 4) is 0 Å². The molecule has 3 unspecified atom stereocenters. The van der Waals surface area contributed by atoms with Gasteiger partial charge in [0.15, 0.2) is 0 Å². The van der Waals surface area contributed by atoms with Crippen LogP contribution >= 0.6 is 7.82 Å². The summed E-state index contributed by atoms with van der Waals surface area (Å²) in [5, 5.41) is 14.0. The second kappa shape index (κ2) is 59.8. The minimum atomic E-state index is -4.35. The van der Waals surface area contributed by atoms with E-state index in [0.717, 1.165) is 64.2 Å². The van der Waals surface area contributed by atoms with E-state index in [1.165, 1.54) is 238 Å². The van der Waals surface area contributed by atoms with Crippen molar-refractivity contribution >= 4 is 13.7 Å². The summed E-state index contributed by atoms with van der Waals surface area (Å²) in [6.07, 6.45) is 82.1. The van der Waals surface area contributed by atoms with E-state index in [2.05, 4.69) is 67.8 Å². The molecule has 78 heavy (non-hydrogen) atoms. The van der Waals surface area contributed by atoms with E-state index in [1.807, 2.05) is 27.2 Å². The zero-order valence-corrected chi connectivity index (χ0v) is 53.3. The number of rotatable bonds is 62. The molecule has 0 heterocycles. The van der Waals surface area contributed by atoms with Crippen LogP contribution < -0.4 is 5.32 Å². The minimum absolute atomic E-state index is 0.0626. The maximum atomic E-state index is 13.0. The molecular formula is C69H132N2O6P+. The number of nitrogens with one attached hydrogen (secondary N) is 1. The molecule has 0 fully saturated rings. The van der Waals surface area contributed by atoms with Gasteiger partial charge < -0.3 is 19.8 Å². The highest BCUT2D eigenvalue weighted by atomic mass is 31.2. The van der Waals surface area contributed by atoms with Crippen LogP contribution in [0.25, 0.3) is 0 Å². The molecule has 3 atom stereocenters. The lowest BCUT2D eigenvalue weighted by molar-refractivity contribution is -0.870. The maximum Gasteiger partial charge on any atom is 0.472 e. The van der Waals surface area contributed by atoms with Crippen LogP contribution in [0, 0.1) is 0 Å². The Morgan fingerprint density at radius 2 is 0.769 bits per heavy atom. The Bertz CT molecular complexity index is 1450. The minimum Gasteiger partial charge on any atom is -0.387 e. The van der Waals surface area contributed by atoms with Crippen molar-refractivity contribution in [1.29, 1.82) is 0 Å². The van der Waals surface area contributed by atoms with Gasteiger partial charge in [-0.25, -0.2) is 4.57 Å². The normalized spacial score (nSPS) is 14.1. The van der Waals surface area contributed by atoms with Gasteiger partial charge in [-0.2, -0.15) is 0 Å². The van der Waals surface area contributed by atoms with Crippen LogP contribution in [0.2, 0.25) is 0 Å². The monoisotopic (exact) mass is 1120 g/mol. The lowest BCUT2D eigenvalue weighted by atomic mass is 10.0. The van der Waals surface area contributed by atoms with Crippen LogP contribution in [0.3, 0.4) is 0 Å². The molecule has 0 aliphatic rings. The Balaban J connectivity index is 4.01. The molecule has 8 nitrogen and oxygen atoms in total. The average Bonchev–Trinajstić information content (AvgIpc) is 3.41. The zero-order chi connectivity index (χ0) is 57.0. The second-order valence-corrected chi connectivity index (χ2v) is 25.6. The van der Waals surface area contributed by atoms with E-state index >= 15 is 0 Å². The molecule has 0 saturated heterocycles. The Kier molecular flexibility index (Phi) is 58.4. The Labute approximate surface area is 485 Å². The van der Waals surface area contributed by atoms with Crippen molar-refractivity contribution in [2.24, 2.45) is 0 Å². The third-order valence-electron chi connectivity index (χ3n) is 15.2. The maximum absolute atomic E-state index is 13.0. The van der Waals surface area contributed by atoms with Gasteiger partial charge in [0.2, 0.25) is 5.91 Å². The van der Waals surface area contributed by atoms with Gasteiger partial charge in [-0.3, -0.25) is 13.8 Å². The Hall–Kier alpha value is -1.80. The molecule has 0 spiro atoms.